The van der Waals surface area contributed by atoms with Gasteiger partial charge >= 0.3 is 0 Å². The van der Waals surface area contributed by atoms with Crippen LogP contribution in [0.3, 0.4) is 0 Å². The number of nitrogens with zero attached hydrogens (tertiary/aromatic N) is 2. The van der Waals surface area contributed by atoms with Crippen LogP contribution in [0.5, 0.6) is 0 Å². The highest BCUT2D eigenvalue weighted by atomic mass is 16.6. The predicted octanol–water partition coefficient (Wildman–Crippen LogP) is 2.85. The van der Waals surface area contributed by atoms with Crippen LogP contribution in [0.1, 0.15) is 11.7 Å². The first-order valence-electron chi connectivity index (χ1n) is 5.67. The summed E-state index contributed by atoms with van der Waals surface area (Å²) in [4.78, 5) is 8.93. The average molecular weight is 222 g/mol. The Morgan fingerprint density at radius 3 is 2.76 bits per heavy atom. The number of hydrogen-bond acceptors (Lipinski definition) is 3. The minimum Gasteiger partial charge on any atom is -0.368 e. The number of fused-ring (bicyclic) bond motifs is 3. The quantitative estimate of drug-likeness (QED) is 0.469. The van der Waals surface area contributed by atoms with Gasteiger partial charge in [0.25, 0.3) is 0 Å². The van der Waals surface area contributed by atoms with Crippen LogP contribution in [0.25, 0.3) is 21.8 Å². The van der Waals surface area contributed by atoms with Crippen molar-refractivity contribution in [1.29, 1.82) is 0 Å². The van der Waals surface area contributed by atoms with Crippen molar-refractivity contribution < 1.29 is 4.74 Å². The standard InChI is InChI=1S/C14H10N2O/c1-2-9-3-4-10-6-11(12-8-17-12)7-16-14(10)13(9)15-5-1/h1-7,12H,8H2. The topological polar surface area (TPSA) is 38.3 Å². The van der Waals surface area contributed by atoms with Crippen molar-refractivity contribution in [2.75, 3.05) is 6.61 Å². The fourth-order valence-electron chi connectivity index (χ4n) is 2.17. The molecule has 0 radical (unpaired) electrons. The molecule has 0 N–H and O–H groups in total. The third-order valence-electron chi connectivity index (χ3n) is 3.15. The number of aromatic nitrogens is 2. The van der Waals surface area contributed by atoms with Crippen LogP contribution in [0.4, 0.5) is 0 Å². The highest BCUT2D eigenvalue weighted by Gasteiger charge is 2.25. The van der Waals surface area contributed by atoms with Gasteiger partial charge in [-0.1, -0.05) is 18.2 Å². The van der Waals surface area contributed by atoms with Gasteiger partial charge in [-0.25, -0.2) is 0 Å². The maximum atomic E-state index is 5.28. The minimum atomic E-state index is 0.256. The molecule has 1 unspecified atom stereocenters. The minimum absolute atomic E-state index is 0.256. The van der Waals surface area contributed by atoms with Crippen LogP contribution in [-0.2, 0) is 4.74 Å². The van der Waals surface area contributed by atoms with Gasteiger partial charge < -0.3 is 4.74 Å². The van der Waals surface area contributed by atoms with Gasteiger partial charge in [-0.2, -0.15) is 0 Å². The zero-order valence-electron chi connectivity index (χ0n) is 9.13. The smallest absolute Gasteiger partial charge is 0.107 e. The zero-order valence-corrected chi connectivity index (χ0v) is 9.13. The Morgan fingerprint density at radius 1 is 1.06 bits per heavy atom. The van der Waals surface area contributed by atoms with E-state index >= 15 is 0 Å². The molecule has 0 saturated carbocycles. The van der Waals surface area contributed by atoms with Gasteiger partial charge in [0, 0.05) is 28.7 Å². The number of epoxide rings is 1. The van der Waals surface area contributed by atoms with E-state index in [1.54, 1.807) is 6.20 Å². The Bertz CT molecular complexity index is 720. The van der Waals surface area contributed by atoms with Gasteiger partial charge in [-0.3, -0.25) is 9.97 Å². The fourth-order valence-corrected chi connectivity index (χ4v) is 2.17. The predicted molar refractivity (Wildman–Crippen MR) is 65.7 cm³/mol. The van der Waals surface area contributed by atoms with E-state index in [1.807, 2.05) is 12.3 Å². The van der Waals surface area contributed by atoms with Crippen LogP contribution in [-0.4, -0.2) is 16.6 Å². The zero-order chi connectivity index (χ0) is 11.2. The molecule has 0 bridgehead atoms. The van der Waals surface area contributed by atoms with Crippen molar-refractivity contribution >= 4 is 21.8 Å². The van der Waals surface area contributed by atoms with Gasteiger partial charge in [0.05, 0.1) is 17.6 Å². The maximum Gasteiger partial charge on any atom is 0.107 e. The molecule has 1 saturated heterocycles. The summed E-state index contributed by atoms with van der Waals surface area (Å²) in [6.45, 7) is 0.818. The summed E-state index contributed by atoms with van der Waals surface area (Å²) >= 11 is 0. The van der Waals surface area contributed by atoms with Gasteiger partial charge in [0.2, 0.25) is 0 Å². The highest BCUT2D eigenvalue weighted by molar-refractivity contribution is 6.02. The third kappa shape index (κ3) is 1.40. The lowest BCUT2D eigenvalue weighted by Gasteiger charge is -2.03. The summed E-state index contributed by atoms with van der Waals surface area (Å²) in [6, 6.07) is 10.3. The molecular formula is C14H10N2O. The molecule has 1 fully saturated rings. The second-order valence-corrected chi connectivity index (χ2v) is 4.30. The second-order valence-electron chi connectivity index (χ2n) is 4.30. The number of ether oxygens (including phenoxy) is 1. The molecule has 1 atom stereocenters. The molecule has 3 heteroatoms. The summed E-state index contributed by atoms with van der Waals surface area (Å²) < 4.78 is 5.28. The molecule has 1 aliphatic rings. The van der Waals surface area contributed by atoms with Crippen molar-refractivity contribution in [2.24, 2.45) is 0 Å². The fraction of sp³-hybridized carbons (Fsp3) is 0.143. The van der Waals surface area contributed by atoms with Crippen molar-refractivity contribution in [3.8, 4) is 0 Å². The molecule has 0 spiro atoms. The first-order valence-corrected chi connectivity index (χ1v) is 5.67. The summed E-state index contributed by atoms with van der Waals surface area (Å²) in [7, 11) is 0. The largest absolute Gasteiger partial charge is 0.368 e. The molecule has 2 aromatic heterocycles. The van der Waals surface area contributed by atoms with Crippen LogP contribution in [0.2, 0.25) is 0 Å². The van der Waals surface area contributed by atoms with E-state index in [1.165, 1.54) is 0 Å². The van der Waals surface area contributed by atoms with E-state index in [0.717, 1.165) is 34.0 Å². The normalized spacial score (nSPS) is 18.7. The molecule has 82 valence electrons. The number of rotatable bonds is 1. The maximum absolute atomic E-state index is 5.28. The van der Waals surface area contributed by atoms with Crippen molar-refractivity contribution in [1.82, 2.24) is 9.97 Å². The Balaban J connectivity index is 2.06. The Morgan fingerprint density at radius 2 is 1.88 bits per heavy atom. The molecule has 0 amide bonds. The van der Waals surface area contributed by atoms with E-state index in [2.05, 4.69) is 34.2 Å². The van der Waals surface area contributed by atoms with E-state index in [9.17, 15) is 0 Å². The Labute approximate surface area is 98.1 Å². The van der Waals surface area contributed by atoms with Crippen LogP contribution < -0.4 is 0 Å². The lowest BCUT2D eigenvalue weighted by atomic mass is 10.1. The second kappa shape index (κ2) is 3.25. The van der Waals surface area contributed by atoms with Crippen LogP contribution in [0.15, 0.2) is 42.7 Å². The van der Waals surface area contributed by atoms with Crippen molar-refractivity contribution in [2.45, 2.75) is 6.10 Å². The van der Waals surface area contributed by atoms with E-state index in [4.69, 9.17) is 4.74 Å². The lowest BCUT2D eigenvalue weighted by Crippen LogP contribution is -1.88. The van der Waals surface area contributed by atoms with Gasteiger partial charge in [-0.15, -0.1) is 0 Å². The number of benzene rings is 1. The molecular weight excluding hydrogens is 212 g/mol. The first-order chi connectivity index (χ1) is 8.42. The summed E-state index contributed by atoms with van der Waals surface area (Å²) in [5, 5.41) is 2.26. The van der Waals surface area contributed by atoms with Crippen molar-refractivity contribution in [3.05, 3.63) is 48.3 Å². The lowest BCUT2D eigenvalue weighted by molar-refractivity contribution is 0.415. The summed E-state index contributed by atoms with van der Waals surface area (Å²) in [5.74, 6) is 0. The van der Waals surface area contributed by atoms with E-state index < -0.39 is 0 Å². The van der Waals surface area contributed by atoms with Crippen LogP contribution in [0, 0.1) is 0 Å². The molecule has 0 aliphatic carbocycles. The van der Waals surface area contributed by atoms with Gasteiger partial charge in [0.1, 0.15) is 6.10 Å². The Kier molecular flexibility index (Phi) is 1.73. The molecule has 1 aliphatic heterocycles. The molecule has 1 aromatic carbocycles. The molecule has 3 nitrogen and oxygen atoms in total. The molecule has 3 heterocycles. The Hall–Kier alpha value is -2.00. The van der Waals surface area contributed by atoms with Gasteiger partial charge in [0.15, 0.2) is 0 Å². The van der Waals surface area contributed by atoms with E-state index in [0.29, 0.717) is 0 Å². The molecule has 3 aromatic rings. The van der Waals surface area contributed by atoms with Crippen molar-refractivity contribution in [3.63, 3.8) is 0 Å². The summed E-state index contributed by atoms with van der Waals surface area (Å²) in [6.07, 6.45) is 3.96. The number of pyridine rings is 2. The average Bonchev–Trinajstić information content (AvgIpc) is 3.22. The highest BCUT2D eigenvalue weighted by Crippen LogP contribution is 2.31. The molecule has 17 heavy (non-hydrogen) atoms. The van der Waals surface area contributed by atoms with E-state index in [-0.39, 0.29) is 6.10 Å². The third-order valence-corrected chi connectivity index (χ3v) is 3.15. The van der Waals surface area contributed by atoms with Crippen LogP contribution >= 0.6 is 0 Å². The van der Waals surface area contributed by atoms with Gasteiger partial charge in [-0.05, 0) is 12.1 Å². The number of hydrogen-bond donors (Lipinski definition) is 0. The first kappa shape index (κ1) is 9.07. The summed E-state index contributed by atoms with van der Waals surface area (Å²) in [5.41, 5.74) is 3.09. The SMILES string of the molecule is c1cnc2c(c1)ccc1cc(C3CO3)cnc12. The molecule has 4 rings (SSSR count). The monoisotopic (exact) mass is 222 g/mol.